The van der Waals surface area contributed by atoms with Crippen LogP contribution in [0.5, 0.6) is 5.75 Å². The second-order valence-electron chi connectivity index (χ2n) is 4.07. The van der Waals surface area contributed by atoms with Crippen LogP contribution in [0.25, 0.3) is 0 Å². The molecule has 0 amide bonds. The average molecular weight is 270 g/mol. The minimum absolute atomic E-state index is 0.543. The fraction of sp³-hybridized carbons (Fsp3) is 0.500. The van der Waals surface area contributed by atoms with E-state index in [1.54, 1.807) is 0 Å². The second kappa shape index (κ2) is 4.99. The zero-order valence-corrected chi connectivity index (χ0v) is 10.3. The molecule has 1 aromatic rings. The van der Waals surface area contributed by atoms with E-state index in [0.29, 0.717) is 6.54 Å². The Kier molecular flexibility index (Phi) is 3.65. The smallest absolute Gasteiger partial charge is 0.119 e. The highest BCUT2D eigenvalue weighted by Crippen LogP contribution is 2.28. The van der Waals surface area contributed by atoms with E-state index >= 15 is 0 Å². The molecular formula is C12H16BrNO. The molecule has 0 saturated heterocycles. The van der Waals surface area contributed by atoms with E-state index in [0.717, 1.165) is 28.3 Å². The zero-order chi connectivity index (χ0) is 10.7. The van der Waals surface area contributed by atoms with Crippen molar-refractivity contribution in [1.82, 2.24) is 0 Å². The summed E-state index contributed by atoms with van der Waals surface area (Å²) in [4.78, 5) is 0. The quantitative estimate of drug-likeness (QED) is 0.912. The van der Waals surface area contributed by atoms with Crippen LogP contribution in [0.4, 0.5) is 0 Å². The minimum atomic E-state index is 0.543. The van der Waals surface area contributed by atoms with Gasteiger partial charge in [0.25, 0.3) is 0 Å². The largest absolute Gasteiger partial charge is 0.493 e. The lowest BCUT2D eigenvalue weighted by Gasteiger charge is -2.25. The number of rotatable bonds is 4. The number of benzene rings is 1. The van der Waals surface area contributed by atoms with Crippen molar-refractivity contribution >= 4 is 15.9 Å². The summed E-state index contributed by atoms with van der Waals surface area (Å²) in [5.41, 5.74) is 6.73. The monoisotopic (exact) mass is 269 g/mol. The SMILES string of the molecule is NCc1cc(OCC2CCC2)ccc1Br. The molecule has 2 N–H and O–H groups in total. The van der Waals surface area contributed by atoms with Gasteiger partial charge < -0.3 is 10.5 Å². The molecule has 1 fully saturated rings. The predicted octanol–water partition coefficient (Wildman–Crippen LogP) is 3.09. The van der Waals surface area contributed by atoms with E-state index < -0.39 is 0 Å². The molecule has 15 heavy (non-hydrogen) atoms. The highest BCUT2D eigenvalue weighted by Gasteiger charge is 2.17. The van der Waals surface area contributed by atoms with Crippen molar-refractivity contribution in [3.63, 3.8) is 0 Å². The standard InChI is InChI=1S/C12H16BrNO/c13-12-5-4-11(6-10(12)7-14)15-8-9-2-1-3-9/h4-6,9H,1-3,7-8,14H2. The molecule has 1 aromatic carbocycles. The summed E-state index contributed by atoms with van der Waals surface area (Å²) in [6, 6.07) is 6.00. The molecule has 1 aliphatic carbocycles. The van der Waals surface area contributed by atoms with Gasteiger partial charge in [-0.3, -0.25) is 0 Å². The maximum absolute atomic E-state index is 5.73. The molecule has 0 aliphatic heterocycles. The Morgan fingerprint density at radius 1 is 1.40 bits per heavy atom. The summed E-state index contributed by atoms with van der Waals surface area (Å²) in [6.45, 7) is 1.40. The third kappa shape index (κ3) is 2.73. The van der Waals surface area contributed by atoms with E-state index in [1.807, 2.05) is 18.2 Å². The summed E-state index contributed by atoms with van der Waals surface area (Å²) in [5.74, 6) is 1.71. The minimum Gasteiger partial charge on any atom is -0.493 e. The summed E-state index contributed by atoms with van der Waals surface area (Å²) >= 11 is 3.46. The maximum Gasteiger partial charge on any atom is 0.119 e. The molecule has 3 heteroatoms. The van der Waals surface area contributed by atoms with E-state index in [-0.39, 0.29) is 0 Å². The first kappa shape index (κ1) is 11.0. The van der Waals surface area contributed by atoms with Crippen molar-refractivity contribution < 1.29 is 4.74 Å². The van der Waals surface area contributed by atoms with Gasteiger partial charge in [-0.2, -0.15) is 0 Å². The number of hydrogen-bond acceptors (Lipinski definition) is 2. The summed E-state index contributed by atoms with van der Waals surface area (Å²) in [5, 5.41) is 0. The normalized spacial score (nSPS) is 16.1. The van der Waals surface area contributed by atoms with Crippen LogP contribution in [-0.4, -0.2) is 6.61 Å². The molecular weight excluding hydrogens is 254 g/mol. The van der Waals surface area contributed by atoms with Gasteiger partial charge >= 0.3 is 0 Å². The third-order valence-electron chi connectivity index (χ3n) is 2.95. The number of ether oxygens (including phenoxy) is 1. The van der Waals surface area contributed by atoms with Crippen LogP contribution in [0.15, 0.2) is 22.7 Å². The van der Waals surface area contributed by atoms with E-state index in [2.05, 4.69) is 15.9 Å². The van der Waals surface area contributed by atoms with Gasteiger partial charge in [-0.05, 0) is 42.5 Å². The third-order valence-corrected chi connectivity index (χ3v) is 3.72. The van der Waals surface area contributed by atoms with Crippen molar-refractivity contribution in [2.45, 2.75) is 25.8 Å². The topological polar surface area (TPSA) is 35.2 Å². The second-order valence-corrected chi connectivity index (χ2v) is 4.92. The van der Waals surface area contributed by atoms with Crippen molar-refractivity contribution in [2.75, 3.05) is 6.61 Å². The first-order valence-electron chi connectivity index (χ1n) is 5.41. The zero-order valence-electron chi connectivity index (χ0n) is 8.71. The molecule has 0 aromatic heterocycles. The molecule has 0 radical (unpaired) electrons. The first-order chi connectivity index (χ1) is 7.29. The highest BCUT2D eigenvalue weighted by atomic mass is 79.9. The molecule has 0 spiro atoms. The number of hydrogen-bond donors (Lipinski definition) is 1. The molecule has 2 nitrogen and oxygen atoms in total. The van der Waals surface area contributed by atoms with Gasteiger partial charge in [0, 0.05) is 11.0 Å². The Labute approximate surface area is 98.9 Å². The summed E-state index contributed by atoms with van der Waals surface area (Å²) in [7, 11) is 0. The predicted molar refractivity (Wildman–Crippen MR) is 64.9 cm³/mol. The van der Waals surface area contributed by atoms with Crippen LogP contribution < -0.4 is 10.5 Å². The Hall–Kier alpha value is -0.540. The van der Waals surface area contributed by atoms with Crippen LogP contribution >= 0.6 is 15.9 Å². The van der Waals surface area contributed by atoms with Crippen LogP contribution in [-0.2, 0) is 6.54 Å². The van der Waals surface area contributed by atoms with Gasteiger partial charge in [-0.25, -0.2) is 0 Å². The van der Waals surface area contributed by atoms with Crippen LogP contribution in [0.1, 0.15) is 24.8 Å². The molecule has 0 bridgehead atoms. The lowest BCUT2D eigenvalue weighted by molar-refractivity contribution is 0.180. The summed E-state index contributed by atoms with van der Waals surface area (Å²) in [6.07, 6.45) is 4.00. The maximum atomic E-state index is 5.73. The molecule has 1 saturated carbocycles. The summed E-state index contributed by atoms with van der Waals surface area (Å²) < 4.78 is 6.79. The molecule has 0 unspecified atom stereocenters. The van der Waals surface area contributed by atoms with Crippen molar-refractivity contribution in [1.29, 1.82) is 0 Å². The lowest BCUT2D eigenvalue weighted by atomic mass is 9.86. The number of halogens is 1. The molecule has 82 valence electrons. The van der Waals surface area contributed by atoms with Crippen molar-refractivity contribution in [3.05, 3.63) is 28.2 Å². The average Bonchev–Trinajstić information content (AvgIpc) is 2.18. The van der Waals surface area contributed by atoms with E-state index in [4.69, 9.17) is 10.5 Å². The van der Waals surface area contributed by atoms with Crippen LogP contribution in [0.3, 0.4) is 0 Å². The Morgan fingerprint density at radius 3 is 2.80 bits per heavy atom. The van der Waals surface area contributed by atoms with Gasteiger partial charge in [0.1, 0.15) is 5.75 Å². The van der Waals surface area contributed by atoms with Crippen molar-refractivity contribution in [3.8, 4) is 5.75 Å². The lowest BCUT2D eigenvalue weighted by Crippen LogP contribution is -2.19. The first-order valence-corrected chi connectivity index (χ1v) is 6.20. The molecule has 1 aliphatic rings. The van der Waals surface area contributed by atoms with E-state index in [9.17, 15) is 0 Å². The van der Waals surface area contributed by atoms with Gasteiger partial charge in [0.2, 0.25) is 0 Å². The highest BCUT2D eigenvalue weighted by molar-refractivity contribution is 9.10. The fourth-order valence-corrected chi connectivity index (χ4v) is 2.08. The van der Waals surface area contributed by atoms with Gasteiger partial charge in [-0.15, -0.1) is 0 Å². The Balaban J connectivity index is 1.95. The Morgan fingerprint density at radius 2 is 2.20 bits per heavy atom. The molecule has 0 atom stereocenters. The fourth-order valence-electron chi connectivity index (χ4n) is 1.67. The number of nitrogens with two attached hydrogens (primary N) is 1. The molecule has 0 heterocycles. The van der Waals surface area contributed by atoms with Crippen LogP contribution in [0.2, 0.25) is 0 Å². The van der Waals surface area contributed by atoms with Gasteiger partial charge in [0.05, 0.1) is 6.61 Å². The molecule has 2 rings (SSSR count). The van der Waals surface area contributed by atoms with Gasteiger partial charge in [-0.1, -0.05) is 22.4 Å². The van der Waals surface area contributed by atoms with Crippen molar-refractivity contribution in [2.24, 2.45) is 11.7 Å². The van der Waals surface area contributed by atoms with Crippen LogP contribution in [0, 0.1) is 5.92 Å². The van der Waals surface area contributed by atoms with E-state index in [1.165, 1.54) is 19.3 Å². The van der Waals surface area contributed by atoms with Gasteiger partial charge in [0.15, 0.2) is 0 Å². The Bertz CT molecular complexity index is 336.